The van der Waals surface area contributed by atoms with Gasteiger partial charge < -0.3 is 0 Å². The van der Waals surface area contributed by atoms with Crippen molar-refractivity contribution in [3.63, 3.8) is 0 Å². The average molecular weight is 371 g/mol. The van der Waals surface area contributed by atoms with E-state index < -0.39 is 13.7 Å². The number of benzene rings is 3. The van der Waals surface area contributed by atoms with Crippen LogP contribution in [0.2, 0.25) is 19.6 Å². The Hall–Kier alpha value is -2.96. The van der Waals surface area contributed by atoms with E-state index >= 15 is 0 Å². The zero-order chi connectivity index (χ0) is 19.3. The molecule has 0 atom stereocenters. The molecule has 0 spiro atoms. The van der Waals surface area contributed by atoms with Crippen molar-refractivity contribution in [1.82, 2.24) is 0 Å². The first kappa shape index (κ1) is 18.8. The van der Waals surface area contributed by atoms with Crippen LogP contribution in [0.1, 0.15) is 21.5 Å². The first-order chi connectivity index (χ1) is 12.9. The van der Waals surface area contributed by atoms with Crippen molar-refractivity contribution in [2.75, 3.05) is 0 Å². The van der Waals surface area contributed by atoms with Gasteiger partial charge in [-0.15, -0.1) is 0 Å². The number of ketones is 1. The highest BCUT2D eigenvalue weighted by Gasteiger charge is 2.47. The molecule has 0 aliphatic heterocycles. The van der Waals surface area contributed by atoms with Crippen molar-refractivity contribution in [1.29, 1.82) is 0 Å². The van der Waals surface area contributed by atoms with Gasteiger partial charge in [-0.05, 0) is 11.1 Å². The van der Waals surface area contributed by atoms with E-state index in [4.69, 9.17) is 4.51 Å². The molecule has 2 nitrogen and oxygen atoms in total. The number of rotatable bonds is 4. The summed E-state index contributed by atoms with van der Waals surface area (Å²) in [7, 11) is -1.82. The SMILES string of the molecule is C[Si](C)(C)[N+]#CC(C(=O)c1ccccc1)(c1ccccc1)c1ccccc1. The van der Waals surface area contributed by atoms with E-state index in [0.29, 0.717) is 5.56 Å². The topological polar surface area (TPSA) is 21.4 Å². The second-order valence-electron chi connectivity index (χ2n) is 7.57. The lowest BCUT2D eigenvalue weighted by Crippen LogP contribution is -2.36. The first-order valence-corrected chi connectivity index (χ1v) is 12.6. The first-order valence-electron chi connectivity index (χ1n) is 9.13. The largest absolute Gasteiger partial charge is 0.499 e. The molecule has 3 rings (SSSR count). The number of nitrogens with zero attached hydrogens (tertiary/aromatic N) is 1. The second kappa shape index (κ2) is 7.73. The Morgan fingerprint density at radius 1 is 0.741 bits per heavy atom. The molecule has 0 aromatic heterocycles. The van der Waals surface area contributed by atoms with Crippen LogP contribution in [0.15, 0.2) is 91.0 Å². The summed E-state index contributed by atoms with van der Waals surface area (Å²) >= 11 is 0. The predicted octanol–water partition coefficient (Wildman–Crippen LogP) is 6.02. The second-order valence-corrected chi connectivity index (χ2v) is 12.1. The molecule has 0 unspecified atom stereocenters. The molecule has 134 valence electrons. The van der Waals surface area contributed by atoms with E-state index in [1.807, 2.05) is 91.0 Å². The third kappa shape index (κ3) is 4.07. The molecule has 0 heterocycles. The number of Topliss-reactive ketones (excluding diaryl/α,β-unsaturated/α-hetero) is 1. The molecule has 3 aromatic carbocycles. The summed E-state index contributed by atoms with van der Waals surface area (Å²) in [5, 5.41) is 0. The quantitative estimate of drug-likeness (QED) is 0.406. The number of hydrogen-bond acceptors (Lipinski definition) is 1. The Labute approximate surface area is 162 Å². The van der Waals surface area contributed by atoms with Gasteiger partial charge in [0.05, 0.1) is 0 Å². The highest BCUT2D eigenvalue weighted by Crippen LogP contribution is 2.36. The zero-order valence-electron chi connectivity index (χ0n) is 16.0. The van der Waals surface area contributed by atoms with Gasteiger partial charge in [-0.1, -0.05) is 91.0 Å². The Balaban J connectivity index is 2.35. The summed E-state index contributed by atoms with van der Waals surface area (Å²) in [4.78, 5) is 13.9. The fourth-order valence-electron chi connectivity index (χ4n) is 3.04. The minimum Gasteiger partial charge on any atom is -0.291 e. The van der Waals surface area contributed by atoms with Crippen LogP contribution in [0.4, 0.5) is 0 Å². The molecule has 0 bridgehead atoms. The van der Waals surface area contributed by atoms with E-state index in [9.17, 15) is 4.79 Å². The molecule has 0 aliphatic carbocycles. The van der Waals surface area contributed by atoms with Gasteiger partial charge in [-0.25, -0.2) is 0 Å². The van der Waals surface area contributed by atoms with Crippen LogP contribution >= 0.6 is 0 Å². The molecule has 27 heavy (non-hydrogen) atoms. The van der Waals surface area contributed by atoms with Crippen LogP contribution < -0.4 is 0 Å². The maximum Gasteiger partial charge on any atom is 0.499 e. The van der Waals surface area contributed by atoms with Crippen molar-refractivity contribution in [3.8, 4) is 6.07 Å². The lowest BCUT2D eigenvalue weighted by Gasteiger charge is -2.24. The standard InChI is InChI=1S/C24H24NOSi/c1-27(2,3)25-19-24(21-15-9-5-10-16-21,22-17-11-6-12-18-22)23(26)20-13-7-4-8-14-20/h4-18H,1-3H3/q+1. The van der Waals surface area contributed by atoms with E-state index in [-0.39, 0.29) is 5.78 Å². The number of carbonyl (C=O) groups is 1. The number of carbonyl (C=O) groups excluding carboxylic acids is 1. The maximum atomic E-state index is 13.9. The van der Waals surface area contributed by atoms with Crippen LogP contribution in [-0.2, 0) is 5.41 Å². The number of hydrogen-bond donors (Lipinski definition) is 0. The van der Waals surface area contributed by atoms with E-state index in [1.165, 1.54) is 0 Å². The third-order valence-corrected chi connectivity index (χ3v) is 5.13. The summed E-state index contributed by atoms with van der Waals surface area (Å²) in [5.74, 6) is -0.0116. The van der Waals surface area contributed by atoms with Gasteiger partial charge in [0.25, 0.3) is 6.07 Å². The summed E-state index contributed by atoms with van der Waals surface area (Å²) in [5.41, 5.74) is 1.35. The Morgan fingerprint density at radius 3 is 1.56 bits per heavy atom. The van der Waals surface area contributed by atoms with Gasteiger partial charge in [0.1, 0.15) is 0 Å². The zero-order valence-corrected chi connectivity index (χ0v) is 17.0. The van der Waals surface area contributed by atoms with Gasteiger partial charge in [0, 0.05) is 25.2 Å². The molecular formula is C24H24NOSi+. The summed E-state index contributed by atoms with van der Waals surface area (Å²) < 4.78 is 4.80. The van der Waals surface area contributed by atoms with E-state index in [1.54, 1.807) is 0 Å². The highest BCUT2D eigenvalue weighted by atomic mass is 28.3. The van der Waals surface area contributed by atoms with Crippen molar-refractivity contribution in [3.05, 3.63) is 112 Å². The third-order valence-electron chi connectivity index (χ3n) is 4.35. The monoisotopic (exact) mass is 370 g/mol. The molecule has 0 aliphatic rings. The summed E-state index contributed by atoms with van der Waals surface area (Å²) in [6, 6.07) is 32.5. The summed E-state index contributed by atoms with van der Waals surface area (Å²) in [6.07, 6.45) is 0. The van der Waals surface area contributed by atoms with Crippen molar-refractivity contribution >= 4 is 14.0 Å². The molecule has 3 heteroatoms. The Bertz CT molecular complexity index is 925. The fraction of sp³-hybridized carbons (Fsp3) is 0.167. The fourth-order valence-corrected chi connectivity index (χ4v) is 3.55. The summed E-state index contributed by atoms with van der Waals surface area (Å²) in [6.45, 7) is 6.44. The van der Waals surface area contributed by atoms with Crippen LogP contribution in [0.25, 0.3) is 4.51 Å². The molecule has 0 N–H and O–H groups in total. The van der Waals surface area contributed by atoms with Gasteiger partial charge in [0.2, 0.25) is 5.41 Å². The average Bonchev–Trinajstić information content (AvgIpc) is 2.70. The molecule has 0 amide bonds. The minimum atomic E-state index is -1.82. The van der Waals surface area contributed by atoms with Crippen molar-refractivity contribution < 1.29 is 4.79 Å². The van der Waals surface area contributed by atoms with E-state index in [0.717, 1.165) is 11.1 Å². The molecular weight excluding hydrogens is 346 g/mol. The Morgan fingerprint density at radius 2 is 1.15 bits per heavy atom. The van der Waals surface area contributed by atoms with Crippen molar-refractivity contribution in [2.24, 2.45) is 0 Å². The van der Waals surface area contributed by atoms with Gasteiger partial charge >= 0.3 is 8.24 Å². The molecule has 0 radical (unpaired) electrons. The van der Waals surface area contributed by atoms with Crippen LogP contribution in [0.3, 0.4) is 0 Å². The van der Waals surface area contributed by atoms with Gasteiger partial charge in [-0.2, -0.15) is 4.51 Å². The molecule has 3 aromatic rings. The maximum absolute atomic E-state index is 13.9. The van der Waals surface area contributed by atoms with Gasteiger partial charge in [0.15, 0.2) is 5.78 Å². The minimum absolute atomic E-state index is 0.0116. The smallest absolute Gasteiger partial charge is 0.291 e. The molecule has 0 saturated heterocycles. The Kier molecular flexibility index (Phi) is 5.39. The lowest BCUT2D eigenvalue weighted by molar-refractivity contribution is 0.0944. The normalized spacial score (nSPS) is 11.4. The van der Waals surface area contributed by atoms with Crippen molar-refractivity contribution in [2.45, 2.75) is 25.1 Å². The van der Waals surface area contributed by atoms with Crippen LogP contribution in [0.5, 0.6) is 0 Å². The molecule has 0 saturated carbocycles. The van der Waals surface area contributed by atoms with Crippen LogP contribution in [0, 0.1) is 6.07 Å². The van der Waals surface area contributed by atoms with Crippen LogP contribution in [-0.4, -0.2) is 14.0 Å². The highest BCUT2D eigenvalue weighted by molar-refractivity contribution is 6.79. The lowest BCUT2D eigenvalue weighted by atomic mass is 9.70. The predicted molar refractivity (Wildman–Crippen MR) is 115 cm³/mol. The van der Waals surface area contributed by atoms with E-state index in [2.05, 4.69) is 25.7 Å². The van der Waals surface area contributed by atoms with Gasteiger partial charge in [-0.3, -0.25) is 4.79 Å². The molecule has 0 fully saturated rings.